The Morgan fingerprint density at radius 3 is 2.33 bits per heavy atom. The summed E-state index contributed by atoms with van der Waals surface area (Å²) in [5, 5.41) is 0. The van der Waals surface area contributed by atoms with Crippen molar-refractivity contribution in [3.05, 3.63) is 66.5 Å². The molecule has 1 heterocycles. The summed E-state index contributed by atoms with van der Waals surface area (Å²) in [5.74, 6) is 6.02. The Hall–Kier alpha value is -2.79. The molecule has 5 heteroatoms. The van der Waals surface area contributed by atoms with Gasteiger partial charge in [0.1, 0.15) is 11.6 Å². The number of halogens is 1. The quantitative estimate of drug-likeness (QED) is 0.571. The van der Waals surface area contributed by atoms with E-state index in [4.69, 9.17) is 5.84 Å². The number of nitrogens with zero attached hydrogens (tertiary/aromatic N) is 2. The summed E-state index contributed by atoms with van der Waals surface area (Å²) in [6.45, 7) is 0. The Bertz CT molecular complexity index is 759. The maximum atomic E-state index is 13.4. The predicted octanol–water partition coefficient (Wildman–Crippen LogP) is 3.24. The highest BCUT2D eigenvalue weighted by molar-refractivity contribution is 5.67. The van der Waals surface area contributed by atoms with E-state index >= 15 is 0 Å². The van der Waals surface area contributed by atoms with Gasteiger partial charge in [-0.1, -0.05) is 42.5 Å². The number of nitrogens with one attached hydrogen (secondary N) is 1. The zero-order chi connectivity index (χ0) is 14.7. The van der Waals surface area contributed by atoms with Gasteiger partial charge in [-0.25, -0.2) is 20.2 Å². The first-order valence-corrected chi connectivity index (χ1v) is 6.43. The zero-order valence-electron chi connectivity index (χ0n) is 11.1. The third-order valence-corrected chi connectivity index (χ3v) is 3.03. The van der Waals surface area contributed by atoms with Gasteiger partial charge in [0, 0.05) is 17.2 Å². The fourth-order valence-electron chi connectivity index (χ4n) is 2.03. The third-order valence-electron chi connectivity index (χ3n) is 3.03. The van der Waals surface area contributed by atoms with E-state index < -0.39 is 0 Å². The first kappa shape index (κ1) is 13.2. The minimum absolute atomic E-state index is 0.330. The number of nitrogens with two attached hydrogens (primary N) is 1. The molecule has 0 saturated heterocycles. The van der Waals surface area contributed by atoms with Crippen molar-refractivity contribution in [2.45, 2.75) is 0 Å². The Morgan fingerprint density at radius 2 is 1.62 bits per heavy atom. The van der Waals surface area contributed by atoms with E-state index in [0.717, 1.165) is 11.3 Å². The van der Waals surface area contributed by atoms with Crippen molar-refractivity contribution >= 4 is 5.82 Å². The van der Waals surface area contributed by atoms with E-state index in [1.807, 2.05) is 30.3 Å². The van der Waals surface area contributed by atoms with Crippen LogP contribution in [-0.4, -0.2) is 9.97 Å². The lowest BCUT2D eigenvalue weighted by Crippen LogP contribution is -2.10. The van der Waals surface area contributed by atoms with Crippen molar-refractivity contribution in [2.24, 2.45) is 5.84 Å². The molecule has 0 aliphatic carbocycles. The van der Waals surface area contributed by atoms with Crippen LogP contribution in [0.1, 0.15) is 0 Å². The minimum atomic E-state index is -0.330. The van der Waals surface area contributed by atoms with Crippen LogP contribution in [-0.2, 0) is 0 Å². The maximum absolute atomic E-state index is 13.4. The van der Waals surface area contributed by atoms with Crippen molar-refractivity contribution in [3.8, 4) is 22.6 Å². The second kappa shape index (κ2) is 5.68. The molecule has 4 nitrogen and oxygen atoms in total. The van der Waals surface area contributed by atoms with Crippen LogP contribution < -0.4 is 11.3 Å². The van der Waals surface area contributed by atoms with E-state index in [0.29, 0.717) is 17.2 Å². The van der Waals surface area contributed by atoms with Crippen LogP contribution in [0.15, 0.2) is 60.7 Å². The van der Waals surface area contributed by atoms with Crippen molar-refractivity contribution in [2.75, 3.05) is 5.43 Å². The highest BCUT2D eigenvalue weighted by atomic mass is 19.1. The summed E-state index contributed by atoms with van der Waals surface area (Å²) in [5.41, 5.74) is 4.78. The minimum Gasteiger partial charge on any atom is -0.308 e. The van der Waals surface area contributed by atoms with Crippen LogP contribution in [0.4, 0.5) is 10.2 Å². The van der Waals surface area contributed by atoms with Crippen LogP contribution in [0, 0.1) is 5.82 Å². The Kier molecular flexibility index (Phi) is 3.57. The van der Waals surface area contributed by atoms with Crippen LogP contribution in [0.5, 0.6) is 0 Å². The molecule has 0 fully saturated rings. The van der Waals surface area contributed by atoms with Gasteiger partial charge < -0.3 is 5.43 Å². The van der Waals surface area contributed by atoms with E-state index in [9.17, 15) is 4.39 Å². The summed E-state index contributed by atoms with van der Waals surface area (Å²) in [6.07, 6.45) is 0. The fraction of sp³-hybridized carbons (Fsp3) is 0. The van der Waals surface area contributed by atoms with Crippen molar-refractivity contribution < 1.29 is 4.39 Å². The van der Waals surface area contributed by atoms with Crippen molar-refractivity contribution in [3.63, 3.8) is 0 Å². The molecule has 3 rings (SSSR count). The van der Waals surface area contributed by atoms with E-state index in [-0.39, 0.29) is 5.82 Å². The van der Waals surface area contributed by atoms with Gasteiger partial charge in [-0.15, -0.1) is 0 Å². The molecular weight excluding hydrogens is 267 g/mol. The van der Waals surface area contributed by atoms with Gasteiger partial charge in [0.15, 0.2) is 5.82 Å². The number of hydrogen-bond donors (Lipinski definition) is 2. The molecule has 2 aromatic carbocycles. The lowest BCUT2D eigenvalue weighted by Gasteiger charge is -2.08. The Morgan fingerprint density at radius 1 is 0.857 bits per heavy atom. The summed E-state index contributed by atoms with van der Waals surface area (Å²) in [6, 6.07) is 17.6. The zero-order valence-corrected chi connectivity index (χ0v) is 11.1. The average Bonchev–Trinajstić information content (AvgIpc) is 2.55. The number of aromatic nitrogens is 2. The summed E-state index contributed by atoms with van der Waals surface area (Å²) >= 11 is 0. The van der Waals surface area contributed by atoms with Gasteiger partial charge in [0.25, 0.3) is 0 Å². The van der Waals surface area contributed by atoms with Crippen LogP contribution >= 0.6 is 0 Å². The normalized spacial score (nSPS) is 10.4. The molecular formula is C16H13FN4. The maximum Gasteiger partial charge on any atom is 0.162 e. The second-order valence-corrected chi connectivity index (χ2v) is 4.48. The molecule has 0 saturated carbocycles. The molecule has 0 spiro atoms. The average molecular weight is 280 g/mol. The van der Waals surface area contributed by atoms with Crippen LogP contribution in [0.25, 0.3) is 22.6 Å². The van der Waals surface area contributed by atoms with Crippen LogP contribution in [0.2, 0.25) is 0 Å². The highest BCUT2D eigenvalue weighted by Gasteiger charge is 2.08. The lowest BCUT2D eigenvalue weighted by molar-refractivity contribution is 0.628. The summed E-state index contributed by atoms with van der Waals surface area (Å²) in [7, 11) is 0. The SMILES string of the molecule is NNc1cc(-c2ccccc2)nc(-c2cccc(F)c2)n1. The van der Waals surface area contributed by atoms with Gasteiger partial charge in [0.05, 0.1) is 5.69 Å². The van der Waals surface area contributed by atoms with Gasteiger partial charge in [-0.05, 0) is 12.1 Å². The molecule has 0 radical (unpaired) electrons. The number of nitrogen functional groups attached to an aromatic ring is 1. The molecule has 0 aliphatic rings. The molecule has 3 aromatic rings. The van der Waals surface area contributed by atoms with Gasteiger partial charge in [-0.2, -0.15) is 0 Å². The predicted molar refractivity (Wildman–Crippen MR) is 80.7 cm³/mol. The van der Waals surface area contributed by atoms with E-state index in [1.54, 1.807) is 18.2 Å². The monoisotopic (exact) mass is 280 g/mol. The number of benzene rings is 2. The van der Waals surface area contributed by atoms with Gasteiger partial charge >= 0.3 is 0 Å². The molecule has 1 aromatic heterocycles. The molecule has 0 atom stereocenters. The standard InChI is InChI=1S/C16H13FN4/c17-13-8-4-7-12(9-13)16-19-14(10-15(20-16)21-18)11-5-2-1-3-6-11/h1-10H,18H2,(H,19,20,21). The molecule has 0 amide bonds. The Labute approximate surface area is 121 Å². The van der Waals surface area contributed by atoms with Crippen molar-refractivity contribution in [1.29, 1.82) is 0 Å². The highest BCUT2D eigenvalue weighted by Crippen LogP contribution is 2.24. The molecule has 0 unspecified atom stereocenters. The first-order valence-electron chi connectivity index (χ1n) is 6.43. The largest absolute Gasteiger partial charge is 0.308 e. The number of anilines is 1. The molecule has 0 aliphatic heterocycles. The fourth-order valence-corrected chi connectivity index (χ4v) is 2.03. The van der Waals surface area contributed by atoms with Gasteiger partial charge in [-0.3, -0.25) is 0 Å². The Balaban J connectivity index is 2.14. The third kappa shape index (κ3) is 2.88. The first-order chi connectivity index (χ1) is 10.3. The smallest absolute Gasteiger partial charge is 0.162 e. The molecule has 104 valence electrons. The number of rotatable bonds is 3. The lowest BCUT2D eigenvalue weighted by atomic mass is 10.1. The molecule has 3 N–H and O–H groups in total. The van der Waals surface area contributed by atoms with Crippen molar-refractivity contribution in [1.82, 2.24) is 9.97 Å². The van der Waals surface area contributed by atoms with E-state index in [1.165, 1.54) is 12.1 Å². The summed E-state index contributed by atoms with van der Waals surface area (Å²) in [4.78, 5) is 8.76. The second-order valence-electron chi connectivity index (χ2n) is 4.48. The summed E-state index contributed by atoms with van der Waals surface area (Å²) < 4.78 is 13.4. The van der Waals surface area contributed by atoms with E-state index in [2.05, 4.69) is 15.4 Å². The number of hydrazine groups is 1. The van der Waals surface area contributed by atoms with Crippen LogP contribution in [0.3, 0.4) is 0 Å². The molecule has 0 bridgehead atoms. The number of hydrogen-bond acceptors (Lipinski definition) is 4. The van der Waals surface area contributed by atoms with Gasteiger partial charge in [0.2, 0.25) is 0 Å². The molecule has 21 heavy (non-hydrogen) atoms. The topological polar surface area (TPSA) is 63.8 Å².